The van der Waals surface area contributed by atoms with Gasteiger partial charge in [-0.05, 0) is 46.7 Å². The number of carboxylic acids is 1. The van der Waals surface area contributed by atoms with Crippen molar-refractivity contribution in [3.05, 3.63) is 89.0 Å². The molecular formula is C25H26O3. The number of rotatable bonds is 7. The molecular weight excluding hydrogens is 348 g/mol. The summed E-state index contributed by atoms with van der Waals surface area (Å²) in [5.41, 5.74) is 5.81. The highest BCUT2D eigenvalue weighted by molar-refractivity contribution is 5.87. The minimum atomic E-state index is -0.929. The Morgan fingerprint density at radius 1 is 0.964 bits per heavy atom. The van der Waals surface area contributed by atoms with Gasteiger partial charge in [0, 0.05) is 5.56 Å². The van der Waals surface area contributed by atoms with Crippen LogP contribution < -0.4 is 4.74 Å². The molecule has 0 heterocycles. The Labute approximate surface area is 166 Å². The van der Waals surface area contributed by atoms with Crippen molar-refractivity contribution in [2.75, 3.05) is 0 Å². The SMILES string of the molecule is CCc1ccccc1-c1cccc(C(C)C)c1OCc1cccc(C(=O)O)c1. The topological polar surface area (TPSA) is 46.5 Å². The second-order valence-electron chi connectivity index (χ2n) is 7.18. The van der Waals surface area contributed by atoms with Crippen LogP contribution >= 0.6 is 0 Å². The molecule has 3 rings (SSSR count). The third-order valence-corrected chi connectivity index (χ3v) is 4.91. The first-order valence-corrected chi connectivity index (χ1v) is 9.67. The third-order valence-electron chi connectivity index (χ3n) is 4.91. The van der Waals surface area contributed by atoms with Gasteiger partial charge in [0.2, 0.25) is 0 Å². The minimum Gasteiger partial charge on any atom is -0.488 e. The maximum atomic E-state index is 11.2. The lowest BCUT2D eigenvalue weighted by atomic mass is 9.92. The summed E-state index contributed by atoms with van der Waals surface area (Å²) < 4.78 is 6.31. The molecule has 0 amide bonds. The van der Waals surface area contributed by atoms with E-state index in [1.807, 2.05) is 6.07 Å². The Morgan fingerprint density at radius 2 is 1.68 bits per heavy atom. The molecule has 0 unspecified atom stereocenters. The molecule has 3 nitrogen and oxygen atoms in total. The molecule has 3 aromatic carbocycles. The van der Waals surface area contributed by atoms with E-state index in [0.29, 0.717) is 12.5 Å². The van der Waals surface area contributed by atoms with E-state index < -0.39 is 5.97 Å². The summed E-state index contributed by atoms with van der Waals surface area (Å²) in [5, 5.41) is 9.22. The van der Waals surface area contributed by atoms with Crippen LogP contribution in [0.15, 0.2) is 66.7 Å². The summed E-state index contributed by atoms with van der Waals surface area (Å²) in [5.74, 6) is 0.259. The highest BCUT2D eigenvalue weighted by Crippen LogP contribution is 2.38. The molecule has 0 bridgehead atoms. The van der Waals surface area contributed by atoms with E-state index in [0.717, 1.165) is 28.9 Å². The normalized spacial score (nSPS) is 10.9. The number of carboxylic acid groups (broad SMARTS) is 1. The molecule has 0 spiro atoms. The van der Waals surface area contributed by atoms with E-state index in [4.69, 9.17) is 4.74 Å². The first kappa shape index (κ1) is 19.7. The zero-order valence-corrected chi connectivity index (χ0v) is 16.6. The lowest BCUT2D eigenvalue weighted by Gasteiger charge is -2.20. The Kier molecular flexibility index (Phi) is 6.15. The number of aromatic carboxylic acids is 1. The number of aryl methyl sites for hydroxylation is 1. The van der Waals surface area contributed by atoms with E-state index >= 15 is 0 Å². The summed E-state index contributed by atoms with van der Waals surface area (Å²) in [6.07, 6.45) is 0.947. The van der Waals surface area contributed by atoms with Crippen LogP contribution in [0, 0.1) is 0 Å². The average Bonchev–Trinajstić information content (AvgIpc) is 2.72. The van der Waals surface area contributed by atoms with E-state index in [1.54, 1.807) is 18.2 Å². The summed E-state index contributed by atoms with van der Waals surface area (Å²) in [4.78, 5) is 11.2. The molecule has 0 saturated carbocycles. The Hall–Kier alpha value is -3.07. The van der Waals surface area contributed by atoms with Crippen LogP contribution in [0.4, 0.5) is 0 Å². The fourth-order valence-corrected chi connectivity index (χ4v) is 3.42. The average molecular weight is 374 g/mol. The molecule has 28 heavy (non-hydrogen) atoms. The summed E-state index contributed by atoms with van der Waals surface area (Å²) in [7, 11) is 0. The molecule has 0 radical (unpaired) electrons. The van der Waals surface area contributed by atoms with Gasteiger partial charge in [-0.25, -0.2) is 4.79 Å². The van der Waals surface area contributed by atoms with Crippen LogP contribution in [-0.4, -0.2) is 11.1 Å². The maximum Gasteiger partial charge on any atom is 0.335 e. The lowest BCUT2D eigenvalue weighted by molar-refractivity contribution is 0.0696. The molecule has 0 aliphatic carbocycles. The van der Waals surface area contributed by atoms with Crippen molar-refractivity contribution < 1.29 is 14.6 Å². The van der Waals surface area contributed by atoms with Crippen molar-refractivity contribution >= 4 is 5.97 Å². The molecule has 3 aromatic rings. The Balaban J connectivity index is 2.01. The Morgan fingerprint density at radius 3 is 2.39 bits per heavy atom. The van der Waals surface area contributed by atoms with Gasteiger partial charge in [0.15, 0.2) is 0 Å². The van der Waals surface area contributed by atoms with Gasteiger partial charge in [0.1, 0.15) is 12.4 Å². The van der Waals surface area contributed by atoms with Crippen molar-refractivity contribution in [3.63, 3.8) is 0 Å². The first-order valence-electron chi connectivity index (χ1n) is 9.67. The number of carbonyl (C=O) groups is 1. The van der Waals surface area contributed by atoms with Crippen molar-refractivity contribution in [2.24, 2.45) is 0 Å². The monoisotopic (exact) mass is 374 g/mol. The predicted octanol–water partition coefficient (Wildman–Crippen LogP) is 6.32. The minimum absolute atomic E-state index is 0.273. The van der Waals surface area contributed by atoms with Gasteiger partial charge in [-0.15, -0.1) is 0 Å². The molecule has 0 aliphatic heterocycles. The molecule has 0 atom stereocenters. The summed E-state index contributed by atoms with van der Waals surface area (Å²) in [6.45, 7) is 6.79. The summed E-state index contributed by atoms with van der Waals surface area (Å²) in [6, 6.07) is 21.6. The van der Waals surface area contributed by atoms with Crippen LogP contribution in [-0.2, 0) is 13.0 Å². The van der Waals surface area contributed by atoms with Gasteiger partial charge in [-0.1, -0.05) is 75.4 Å². The zero-order chi connectivity index (χ0) is 20.1. The van der Waals surface area contributed by atoms with Crippen molar-refractivity contribution in [2.45, 2.75) is 39.7 Å². The van der Waals surface area contributed by atoms with Crippen molar-refractivity contribution in [1.29, 1.82) is 0 Å². The number of hydrogen-bond donors (Lipinski definition) is 1. The Bertz CT molecular complexity index is 973. The van der Waals surface area contributed by atoms with Crippen molar-refractivity contribution in [3.8, 4) is 16.9 Å². The van der Waals surface area contributed by atoms with Crippen LogP contribution in [0.25, 0.3) is 11.1 Å². The predicted molar refractivity (Wildman–Crippen MR) is 113 cm³/mol. The largest absolute Gasteiger partial charge is 0.488 e. The number of hydrogen-bond acceptors (Lipinski definition) is 2. The van der Waals surface area contributed by atoms with Gasteiger partial charge in [-0.2, -0.15) is 0 Å². The van der Waals surface area contributed by atoms with Gasteiger partial charge in [-0.3, -0.25) is 0 Å². The van der Waals surface area contributed by atoms with E-state index in [-0.39, 0.29) is 5.56 Å². The number of para-hydroxylation sites is 1. The van der Waals surface area contributed by atoms with Gasteiger partial charge >= 0.3 is 5.97 Å². The number of benzene rings is 3. The van der Waals surface area contributed by atoms with E-state index in [9.17, 15) is 9.90 Å². The summed E-state index contributed by atoms with van der Waals surface area (Å²) >= 11 is 0. The molecule has 144 valence electrons. The molecule has 0 fully saturated rings. The van der Waals surface area contributed by atoms with E-state index in [2.05, 4.69) is 63.2 Å². The third kappa shape index (κ3) is 4.25. The van der Waals surface area contributed by atoms with Crippen molar-refractivity contribution in [1.82, 2.24) is 0 Å². The molecule has 0 aromatic heterocycles. The highest BCUT2D eigenvalue weighted by atomic mass is 16.5. The molecule has 0 aliphatic rings. The van der Waals surface area contributed by atoms with Crippen LogP contribution in [0.2, 0.25) is 0 Å². The number of ether oxygens (including phenoxy) is 1. The zero-order valence-electron chi connectivity index (χ0n) is 16.6. The standard InChI is InChI=1S/C25H26O3/c1-4-19-10-5-6-12-22(19)23-14-8-13-21(17(2)3)24(23)28-16-18-9-7-11-20(15-18)25(26)27/h5-15,17H,4,16H2,1-3H3,(H,26,27). The molecule has 0 saturated heterocycles. The quantitative estimate of drug-likeness (QED) is 0.526. The van der Waals surface area contributed by atoms with Crippen LogP contribution in [0.3, 0.4) is 0 Å². The van der Waals surface area contributed by atoms with Gasteiger partial charge in [0.05, 0.1) is 5.56 Å². The van der Waals surface area contributed by atoms with Gasteiger partial charge < -0.3 is 9.84 Å². The fraction of sp³-hybridized carbons (Fsp3) is 0.240. The fourth-order valence-electron chi connectivity index (χ4n) is 3.42. The smallest absolute Gasteiger partial charge is 0.335 e. The molecule has 3 heteroatoms. The lowest BCUT2D eigenvalue weighted by Crippen LogP contribution is -2.04. The van der Waals surface area contributed by atoms with Crippen LogP contribution in [0.1, 0.15) is 53.7 Å². The molecule has 1 N–H and O–H groups in total. The first-order chi connectivity index (χ1) is 13.5. The second kappa shape index (κ2) is 8.75. The maximum absolute atomic E-state index is 11.2. The highest BCUT2D eigenvalue weighted by Gasteiger charge is 2.16. The van der Waals surface area contributed by atoms with Crippen LogP contribution in [0.5, 0.6) is 5.75 Å². The second-order valence-corrected chi connectivity index (χ2v) is 7.18. The van der Waals surface area contributed by atoms with Gasteiger partial charge in [0.25, 0.3) is 0 Å². The van der Waals surface area contributed by atoms with E-state index in [1.165, 1.54) is 11.1 Å².